The summed E-state index contributed by atoms with van der Waals surface area (Å²) in [6.07, 6.45) is 0.636. The zero-order valence-electron chi connectivity index (χ0n) is 19.3. The topological polar surface area (TPSA) is 101 Å². The van der Waals surface area contributed by atoms with Gasteiger partial charge in [0.15, 0.2) is 5.60 Å². The van der Waals surface area contributed by atoms with E-state index in [4.69, 9.17) is 10.5 Å². The minimum absolute atomic E-state index is 0.0981. The summed E-state index contributed by atoms with van der Waals surface area (Å²) in [4.78, 5) is 19.9. The van der Waals surface area contributed by atoms with Gasteiger partial charge < -0.3 is 20.9 Å². The summed E-state index contributed by atoms with van der Waals surface area (Å²) >= 11 is 0. The first-order valence-corrected chi connectivity index (χ1v) is 11.7. The number of nitrogens with zero attached hydrogens (tertiary/aromatic N) is 2. The molecule has 0 spiro atoms. The van der Waals surface area contributed by atoms with Gasteiger partial charge in [-0.05, 0) is 24.8 Å². The van der Waals surface area contributed by atoms with Gasteiger partial charge in [0.1, 0.15) is 11.6 Å². The van der Waals surface area contributed by atoms with Gasteiger partial charge in [0.05, 0.1) is 12.8 Å². The van der Waals surface area contributed by atoms with Crippen molar-refractivity contribution in [3.63, 3.8) is 0 Å². The third-order valence-electron chi connectivity index (χ3n) is 6.97. The Morgan fingerprint density at radius 1 is 1.26 bits per heavy atom. The number of carbonyl (C=O) groups is 1. The standard InChI is InChI=1S/C25H32F2N4O3/c1-34-21-13-20(29-22(28)14-21)16-31-11-8-19(9-12-31)30-23(32)25(33,17-5-3-2-4-6-17)18-7-10-24(26,27)15-18/h2-6,13-14,18-19,33H,7-12,15-16H2,1H3,(H2,28,29)(H,30,32)/t18-,25+/m1/s1. The summed E-state index contributed by atoms with van der Waals surface area (Å²) in [6, 6.07) is 11.8. The highest BCUT2D eigenvalue weighted by Crippen LogP contribution is 2.47. The molecule has 34 heavy (non-hydrogen) atoms. The highest BCUT2D eigenvalue weighted by Gasteiger charge is 2.53. The number of rotatable bonds is 7. The molecule has 2 aliphatic rings. The summed E-state index contributed by atoms with van der Waals surface area (Å²) in [5.74, 6) is -3.25. The van der Waals surface area contributed by atoms with Crippen molar-refractivity contribution in [1.82, 2.24) is 15.2 Å². The van der Waals surface area contributed by atoms with E-state index in [9.17, 15) is 18.7 Å². The van der Waals surface area contributed by atoms with E-state index in [1.165, 1.54) is 0 Å². The largest absolute Gasteiger partial charge is 0.497 e. The quantitative estimate of drug-likeness (QED) is 0.570. The second-order valence-corrected chi connectivity index (χ2v) is 9.38. The van der Waals surface area contributed by atoms with Crippen LogP contribution in [0.2, 0.25) is 0 Å². The molecule has 2 aromatic rings. The van der Waals surface area contributed by atoms with Crippen molar-refractivity contribution in [3.05, 3.63) is 53.7 Å². The molecule has 1 aliphatic heterocycles. The van der Waals surface area contributed by atoms with Crippen LogP contribution in [0, 0.1) is 5.92 Å². The smallest absolute Gasteiger partial charge is 0.257 e. The van der Waals surface area contributed by atoms with Crippen molar-refractivity contribution in [1.29, 1.82) is 0 Å². The lowest BCUT2D eigenvalue weighted by Gasteiger charge is -2.37. The first-order valence-electron chi connectivity index (χ1n) is 11.7. The number of hydrogen-bond acceptors (Lipinski definition) is 6. The number of nitrogens with one attached hydrogen (secondary N) is 1. The van der Waals surface area contributed by atoms with E-state index >= 15 is 0 Å². The van der Waals surface area contributed by atoms with Crippen LogP contribution in [0.3, 0.4) is 0 Å². The molecular weight excluding hydrogens is 442 g/mol. The number of halogens is 2. The number of nitrogen functional groups attached to an aromatic ring is 1. The van der Waals surface area contributed by atoms with Gasteiger partial charge in [0.25, 0.3) is 5.91 Å². The molecule has 9 heteroatoms. The molecule has 7 nitrogen and oxygen atoms in total. The molecule has 1 aromatic carbocycles. The molecular formula is C25H32F2N4O3. The van der Waals surface area contributed by atoms with Crippen LogP contribution in [0.15, 0.2) is 42.5 Å². The molecule has 4 N–H and O–H groups in total. The zero-order valence-corrected chi connectivity index (χ0v) is 19.3. The van der Waals surface area contributed by atoms with Crippen molar-refractivity contribution in [2.24, 2.45) is 5.92 Å². The van der Waals surface area contributed by atoms with E-state index < -0.39 is 29.8 Å². The molecule has 2 fully saturated rings. The van der Waals surface area contributed by atoms with Crippen molar-refractivity contribution < 1.29 is 23.4 Å². The van der Waals surface area contributed by atoms with Crippen molar-refractivity contribution in [3.8, 4) is 5.75 Å². The highest BCUT2D eigenvalue weighted by molar-refractivity contribution is 5.87. The Hall–Kier alpha value is -2.78. The Morgan fingerprint density at radius 3 is 2.59 bits per heavy atom. The number of alkyl halides is 2. The summed E-state index contributed by atoms with van der Waals surface area (Å²) < 4.78 is 33.2. The predicted octanol–water partition coefficient (Wildman–Crippen LogP) is 3.08. The lowest BCUT2D eigenvalue weighted by molar-refractivity contribution is -0.149. The van der Waals surface area contributed by atoms with Crippen LogP contribution in [0.5, 0.6) is 5.75 Å². The number of aliphatic hydroxyl groups is 1. The van der Waals surface area contributed by atoms with Crippen LogP contribution in [0.25, 0.3) is 0 Å². The monoisotopic (exact) mass is 474 g/mol. The SMILES string of the molecule is COc1cc(N)nc(CN2CCC(NC(=O)[C@](O)(c3ccccc3)[C@@H]3CCC(F)(F)C3)CC2)c1. The maximum absolute atomic E-state index is 14.0. The van der Waals surface area contributed by atoms with Gasteiger partial charge >= 0.3 is 0 Å². The van der Waals surface area contributed by atoms with E-state index in [1.807, 2.05) is 6.07 Å². The van der Waals surface area contributed by atoms with Gasteiger partial charge in [-0.3, -0.25) is 9.69 Å². The van der Waals surface area contributed by atoms with Gasteiger partial charge in [-0.25, -0.2) is 13.8 Å². The number of pyridine rings is 1. The second-order valence-electron chi connectivity index (χ2n) is 9.38. The molecule has 1 saturated heterocycles. The zero-order chi connectivity index (χ0) is 24.3. The van der Waals surface area contributed by atoms with Gasteiger partial charge in [0.2, 0.25) is 5.92 Å². The maximum atomic E-state index is 14.0. The third-order valence-corrected chi connectivity index (χ3v) is 6.97. The fraction of sp³-hybridized carbons (Fsp3) is 0.520. The fourth-order valence-electron chi connectivity index (χ4n) is 5.09. The summed E-state index contributed by atoms with van der Waals surface area (Å²) in [5, 5.41) is 14.5. The number of hydrogen-bond donors (Lipinski definition) is 3. The summed E-state index contributed by atoms with van der Waals surface area (Å²) in [7, 11) is 1.58. The van der Waals surface area contributed by atoms with Gasteiger partial charge in [-0.15, -0.1) is 0 Å². The Morgan fingerprint density at radius 2 is 1.97 bits per heavy atom. The molecule has 1 aromatic heterocycles. The van der Waals surface area contributed by atoms with Gasteiger partial charge in [-0.2, -0.15) is 0 Å². The first kappa shape index (κ1) is 24.3. The van der Waals surface area contributed by atoms with Crippen molar-refractivity contribution in [2.75, 3.05) is 25.9 Å². The summed E-state index contributed by atoms with van der Waals surface area (Å²) in [5.41, 5.74) is 5.02. The van der Waals surface area contributed by atoms with E-state index in [1.54, 1.807) is 43.5 Å². The van der Waals surface area contributed by atoms with Gasteiger partial charge in [-0.1, -0.05) is 30.3 Å². The number of piperidine rings is 1. The second kappa shape index (κ2) is 9.84. The molecule has 0 unspecified atom stereocenters. The van der Waals surface area contributed by atoms with E-state index in [0.717, 1.165) is 18.8 Å². The lowest BCUT2D eigenvalue weighted by Crippen LogP contribution is -2.54. The molecule has 0 radical (unpaired) electrons. The van der Waals surface area contributed by atoms with Crippen LogP contribution >= 0.6 is 0 Å². The molecule has 2 heterocycles. The Bertz CT molecular complexity index is 999. The molecule has 1 aliphatic carbocycles. The molecule has 0 bridgehead atoms. The fourth-order valence-corrected chi connectivity index (χ4v) is 5.09. The molecule has 2 atom stereocenters. The average molecular weight is 475 g/mol. The molecule has 184 valence electrons. The number of methoxy groups -OCH3 is 1. The number of anilines is 1. The number of amides is 1. The summed E-state index contributed by atoms with van der Waals surface area (Å²) in [6.45, 7) is 2.04. The number of carbonyl (C=O) groups excluding carboxylic acids is 1. The molecule has 4 rings (SSSR count). The van der Waals surface area contributed by atoms with Crippen molar-refractivity contribution in [2.45, 2.75) is 56.2 Å². The molecule has 1 amide bonds. The highest BCUT2D eigenvalue weighted by atomic mass is 19.3. The van der Waals surface area contributed by atoms with Crippen LogP contribution in [0.4, 0.5) is 14.6 Å². The third kappa shape index (κ3) is 5.31. The maximum Gasteiger partial charge on any atom is 0.257 e. The number of nitrogens with two attached hydrogens (primary N) is 1. The van der Waals surface area contributed by atoms with Gasteiger partial charge in [0, 0.05) is 56.6 Å². The lowest BCUT2D eigenvalue weighted by atomic mass is 9.79. The van der Waals surface area contributed by atoms with E-state index in [-0.39, 0.29) is 18.9 Å². The normalized spacial score (nSPS) is 22.8. The number of benzene rings is 1. The minimum Gasteiger partial charge on any atom is -0.497 e. The van der Waals surface area contributed by atoms with Crippen LogP contribution < -0.4 is 15.8 Å². The van der Waals surface area contributed by atoms with Crippen LogP contribution in [-0.2, 0) is 16.9 Å². The Kier molecular flexibility index (Phi) is 7.04. The van der Waals surface area contributed by atoms with E-state index in [2.05, 4.69) is 15.2 Å². The predicted molar refractivity (Wildman–Crippen MR) is 124 cm³/mol. The number of likely N-dealkylation sites (tertiary alicyclic amines) is 1. The minimum atomic E-state index is -2.86. The Balaban J connectivity index is 1.40. The average Bonchev–Trinajstić information content (AvgIpc) is 3.20. The van der Waals surface area contributed by atoms with E-state index in [0.29, 0.717) is 36.5 Å². The van der Waals surface area contributed by atoms with Crippen LogP contribution in [0.1, 0.15) is 43.4 Å². The van der Waals surface area contributed by atoms with Crippen LogP contribution in [-0.4, -0.2) is 53.1 Å². The number of ether oxygens (including phenoxy) is 1. The number of aromatic nitrogens is 1. The van der Waals surface area contributed by atoms with Crippen molar-refractivity contribution >= 4 is 11.7 Å². The Labute approximate surface area is 198 Å². The molecule has 1 saturated carbocycles. The first-order chi connectivity index (χ1) is 16.2.